The van der Waals surface area contributed by atoms with Gasteiger partial charge in [0.15, 0.2) is 5.82 Å². The van der Waals surface area contributed by atoms with Gasteiger partial charge in [-0.05, 0) is 52.1 Å². The van der Waals surface area contributed by atoms with Crippen LogP contribution in [0.3, 0.4) is 0 Å². The van der Waals surface area contributed by atoms with Crippen molar-refractivity contribution >= 4 is 22.8 Å². The van der Waals surface area contributed by atoms with Crippen LogP contribution in [0, 0.1) is 0 Å². The van der Waals surface area contributed by atoms with Crippen LogP contribution in [0.2, 0.25) is 0 Å². The lowest BCUT2D eigenvalue weighted by Crippen LogP contribution is -2.35. The van der Waals surface area contributed by atoms with Crippen molar-refractivity contribution in [3.8, 4) is 0 Å². The molecule has 0 radical (unpaired) electrons. The maximum atomic E-state index is 5.17. The van der Waals surface area contributed by atoms with Gasteiger partial charge in [-0.25, -0.2) is 9.98 Å². The van der Waals surface area contributed by atoms with Gasteiger partial charge in [-0.1, -0.05) is 122 Å². The third-order valence-electron chi connectivity index (χ3n) is 6.97. The van der Waals surface area contributed by atoms with Gasteiger partial charge in [0.05, 0.1) is 11.4 Å². The quantitative estimate of drug-likeness (QED) is 0.377. The first-order valence-corrected chi connectivity index (χ1v) is 13.2. The van der Waals surface area contributed by atoms with Crippen LogP contribution in [-0.2, 0) is 10.8 Å². The number of nitrogens with zero attached hydrogens (tertiary/aromatic N) is 2. The molecular formula is C34H40N2. The summed E-state index contributed by atoms with van der Waals surface area (Å²) in [7, 11) is 0. The lowest BCUT2D eigenvalue weighted by Gasteiger charge is -2.28. The van der Waals surface area contributed by atoms with Crippen LogP contribution in [0.5, 0.6) is 0 Å². The van der Waals surface area contributed by atoms with Crippen LogP contribution in [0.4, 0.5) is 0 Å². The Balaban J connectivity index is 2.14. The molecule has 0 saturated heterocycles. The van der Waals surface area contributed by atoms with E-state index in [1.807, 2.05) is 12.1 Å². The Morgan fingerprint density at radius 2 is 1.00 bits per heavy atom. The number of hydrogen-bond donors (Lipinski definition) is 0. The van der Waals surface area contributed by atoms with Crippen LogP contribution < -0.4 is 10.4 Å². The fourth-order valence-electron chi connectivity index (χ4n) is 5.01. The largest absolute Gasteiger partial charge is 0.226 e. The fraction of sp³-hybridized carbons (Fsp3) is 0.353. The average molecular weight is 477 g/mol. The predicted molar refractivity (Wildman–Crippen MR) is 156 cm³/mol. The Labute approximate surface area is 217 Å². The van der Waals surface area contributed by atoms with Crippen LogP contribution in [0.1, 0.15) is 90.5 Å². The van der Waals surface area contributed by atoms with E-state index < -0.39 is 0 Å². The van der Waals surface area contributed by atoms with E-state index in [0.717, 1.165) is 46.4 Å². The molecule has 0 N–H and O–H groups in total. The van der Waals surface area contributed by atoms with Crippen molar-refractivity contribution in [1.29, 1.82) is 0 Å². The third-order valence-corrected chi connectivity index (χ3v) is 6.97. The normalized spacial score (nSPS) is 14.1. The van der Waals surface area contributed by atoms with Crippen LogP contribution in [0.15, 0.2) is 82.8 Å². The van der Waals surface area contributed by atoms with Gasteiger partial charge in [-0.15, -0.1) is 0 Å². The summed E-state index contributed by atoms with van der Waals surface area (Å²) in [6.45, 7) is 18.5. The summed E-state index contributed by atoms with van der Waals surface area (Å²) >= 11 is 0. The highest BCUT2D eigenvalue weighted by atomic mass is 15.0. The first-order valence-electron chi connectivity index (χ1n) is 13.2. The summed E-state index contributed by atoms with van der Waals surface area (Å²) in [6.07, 6.45) is 2.12. The average Bonchev–Trinajstić information content (AvgIpc) is 3.30. The van der Waals surface area contributed by atoms with Gasteiger partial charge in [0.2, 0.25) is 0 Å². The number of aliphatic imine (C=N–C) groups is 2. The van der Waals surface area contributed by atoms with Crippen molar-refractivity contribution < 1.29 is 0 Å². The van der Waals surface area contributed by atoms with E-state index >= 15 is 0 Å². The van der Waals surface area contributed by atoms with E-state index in [2.05, 4.69) is 116 Å². The van der Waals surface area contributed by atoms with E-state index in [1.54, 1.807) is 0 Å². The number of benzene rings is 3. The lowest BCUT2D eigenvalue weighted by atomic mass is 9.76. The van der Waals surface area contributed by atoms with Crippen molar-refractivity contribution in [3.05, 3.63) is 105 Å². The maximum absolute atomic E-state index is 5.17. The van der Waals surface area contributed by atoms with Gasteiger partial charge in [-0.3, -0.25) is 0 Å². The smallest absolute Gasteiger partial charge is 0.160 e. The molecule has 36 heavy (non-hydrogen) atoms. The molecule has 0 aromatic heterocycles. The third kappa shape index (κ3) is 5.14. The Kier molecular flexibility index (Phi) is 7.18. The van der Waals surface area contributed by atoms with Gasteiger partial charge in [-0.2, -0.15) is 0 Å². The lowest BCUT2D eigenvalue weighted by molar-refractivity contribution is 0.558. The predicted octanol–water partition coefficient (Wildman–Crippen LogP) is 7.31. The van der Waals surface area contributed by atoms with Gasteiger partial charge in [0, 0.05) is 16.3 Å². The summed E-state index contributed by atoms with van der Waals surface area (Å²) in [5.41, 5.74) is 8.34. The monoisotopic (exact) mass is 476 g/mol. The molecule has 1 aliphatic heterocycles. The van der Waals surface area contributed by atoms with E-state index in [0.29, 0.717) is 0 Å². The molecule has 186 valence electrons. The summed E-state index contributed by atoms with van der Waals surface area (Å²) in [5.74, 6) is 0.796. The van der Waals surface area contributed by atoms with Crippen molar-refractivity contribution in [2.45, 2.75) is 79.1 Å². The molecule has 3 aromatic carbocycles. The molecule has 0 unspecified atom stereocenters. The Morgan fingerprint density at radius 3 is 1.33 bits per heavy atom. The summed E-state index contributed by atoms with van der Waals surface area (Å²) in [4.78, 5) is 10.3. The highest BCUT2D eigenvalue weighted by molar-refractivity contribution is 6.55. The van der Waals surface area contributed by atoms with Crippen LogP contribution in [0.25, 0.3) is 11.4 Å². The minimum Gasteiger partial charge on any atom is -0.226 e. The van der Waals surface area contributed by atoms with Crippen LogP contribution >= 0.6 is 0 Å². The summed E-state index contributed by atoms with van der Waals surface area (Å²) < 4.78 is 0. The Morgan fingerprint density at radius 1 is 0.611 bits per heavy atom. The molecule has 2 nitrogen and oxygen atoms in total. The van der Waals surface area contributed by atoms with Crippen molar-refractivity contribution in [3.63, 3.8) is 0 Å². The molecule has 0 amide bonds. The molecule has 1 heterocycles. The van der Waals surface area contributed by atoms with Gasteiger partial charge >= 0.3 is 0 Å². The van der Waals surface area contributed by atoms with Crippen molar-refractivity contribution in [2.75, 3.05) is 0 Å². The maximum Gasteiger partial charge on any atom is 0.160 e. The van der Waals surface area contributed by atoms with Gasteiger partial charge in [0.25, 0.3) is 0 Å². The van der Waals surface area contributed by atoms with E-state index in [4.69, 9.17) is 9.98 Å². The van der Waals surface area contributed by atoms with Gasteiger partial charge < -0.3 is 0 Å². The highest BCUT2D eigenvalue weighted by Crippen LogP contribution is 2.27. The zero-order chi connectivity index (χ0) is 26.1. The zero-order valence-corrected chi connectivity index (χ0v) is 23.2. The molecule has 0 spiro atoms. The highest BCUT2D eigenvalue weighted by Gasteiger charge is 2.26. The molecule has 0 saturated carbocycles. The number of hydrogen-bond acceptors (Lipinski definition) is 2. The zero-order valence-electron chi connectivity index (χ0n) is 23.2. The minimum atomic E-state index is -0.00194. The van der Waals surface area contributed by atoms with Crippen molar-refractivity contribution in [1.82, 2.24) is 0 Å². The van der Waals surface area contributed by atoms with Crippen molar-refractivity contribution in [2.24, 2.45) is 9.98 Å². The molecule has 0 bridgehead atoms. The fourth-order valence-corrected chi connectivity index (χ4v) is 5.01. The van der Waals surface area contributed by atoms with E-state index in [9.17, 15) is 0 Å². The standard InChI is InChI=1S/C34H40N2/c1-9-23(10-2)29-27(33(3,4)5)21-26(22-28(29)34(6,7)8)32-35-30(24-17-13-11-14-18-24)31(36-32)25-19-15-12-16-20-25/h11-22H,9-10H2,1-8H3. The number of rotatable bonds is 4. The molecule has 2 heteroatoms. The molecule has 4 rings (SSSR count). The first-order chi connectivity index (χ1) is 17.0. The van der Waals surface area contributed by atoms with Crippen LogP contribution in [-0.4, -0.2) is 11.4 Å². The van der Waals surface area contributed by atoms with E-state index in [-0.39, 0.29) is 10.8 Å². The Hall–Kier alpha value is -3.26. The Bertz CT molecular complexity index is 1320. The second kappa shape index (κ2) is 10.0. The molecule has 0 aliphatic carbocycles. The van der Waals surface area contributed by atoms with Gasteiger partial charge in [0.1, 0.15) is 0 Å². The molecule has 1 aliphatic rings. The molecule has 3 aromatic rings. The van der Waals surface area contributed by atoms with E-state index in [1.165, 1.54) is 21.9 Å². The second-order valence-electron chi connectivity index (χ2n) is 11.7. The molecule has 0 fully saturated rings. The summed E-state index contributed by atoms with van der Waals surface area (Å²) in [5, 5.41) is 2.54. The molecular weight excluding hydrogens is 436 g/mol. The SMILES string of the molecule is CCC(CC)=c1c(C(C)(C)C)cc(=C2N=C(c3ccccc3)C(c3ccccc3)=N2)cc1C(C)(C)C. The minimum absolute atomic E-state index is 0.00194. The second-order valence-corrected chi connectivity index (χ2v) is 11.7. The molecule has 0 atom stereocenters. The first kappa shape index (κ1) is 25.8. The summed E-state index contributed by atoms with van der Waals surface area (Å²) in [6, 6.07) is 25.5. The topological polar surface area (TPSA) is 24.7 Å².